The molecule has 0 N–H and O–H groups in total. The van der Waals surface area contributed by atoms with Crippen LogP contribution in [0.4, 0.5) is 0 Å². The van der Waals surface area contributed by atoms with Crippen LogP contribution in [0, 0.1) is 6.92 Å². The maximum atomic E-state index is 13.8. The fraction of sp³-hybridized carbons (Fsp3) is 0.129. The molecule has 2 unspecified atom stereocenters. The third-order valence-corrected chi connectivity index (χ3v) is 7.44. The van der Waals surface area contributed by atoms with E-state index in [4.69, 9.17) is 27.9 Å². The third-order valence-electron chi connectivity index (χ3n) is 6.70. The van der Waals surface area contributed by atoms with Gasteiger partial charge in [0.15, 0.2) is 5.82 Å². The lowest BCUT2D eigenvalue weighted by atomic mass is 9.84. The quantitative estimate of drug-likeness (QED) is 0.191. The summed E-state index contributed by atoms with van der Waals surface area (Å²) in [4.78, 5) is 18.3. The first-order valence-corrected chi connectivity index (χ1v) is 12.7. The number of methoxy groups -OCH3 is 1. The van der Waals surface area contributed by atoms with Gasteiger partial charge in [-0.15, -0.1) is 0 Å². The van der Waals surface area contributed by atoms with Crippen molar-refractivity contribution >= 4 is 39.8 Å². The van der Waals surface area contributed by atoms with Gasteiger partial charge in [0.2, 0.25) is 5.78 Å². The average Bonchev–Trinajstić information content (AvgIpc) is 3.42. The van der Waals surface area contributed by atoms with Crippen molar-refractivity contribution in [1.29, 1.82) is 0 Å². The van der Waals surface area contributed by atoms with E-state index < -0.39 is 0 Å². The van der Waals surface area contributed by atoms with Crippen LogP contribution in [-0.4, -0.2) is 22.4 Å². The van der Waals surface area contributed by atoms with Gasteiger partial charge < -0.3 is 9.30 Å². The average molecular weight is 528 g/mol. The summed E-state index contributed by atoms with van der Waals surface area (Å²) in [6, 6.07) is 27.1. The molecule has 0 aliphatic heterocycles. The Morgan fingerprint density at radius 2 is 1.65 bits per heavy atom. The fourth-order valence-electron chi connectivity index (χ4n) is 4.89. The minimum atomic E-state index is -0.282. The van der Waals surface area contributed by atoms with E-state index >= 15 is 0 Å². The molecule has 5 aromatic rings. The smallest absolute Gasteiger partial charge is 0.232 e. The minimum absolute atomic E-state index is 0.116. The lowest BCUT2D eigenvalue weighted by Crippen LogP contribution is -2.23. The summed E-state index contributed by atoms with van der Waals surface area (Å²) in [5.41, 5.74) is 2.47. The molecule has 0 aliphatic rings. The number of ether oxygens (including phenoxy) is 1. The second-order valence-corrected chi connectivity index (χ2v) is 9.62. The molecule has 1 heterocycles. The molecular formula is C31H25Cl2N2O2. The van der Waals surface area contributed by atoms with Gasteiger partial charge in [0.1, 0.15) is 5.75 Å². The molecule has 0 spiro atoms. The highest BCUT2D eigenvalue weighted by atomic mass is 35.5. The van der Waals surface area contributed by atoms with Gasteiger partial charge in [-0.2, -0.15) is 0 Å². The Hall–Kier alpha value is -3.60. The van der Waals surface area contributed by atoms with Gasteiger partial charge >= 0.3 is 0 Å². The van der Waals surface area contributed by atoms with Crippen molar-refractivity contribution in [1.82, 2.24) is 9.55 Å². The van der Waals surface area contributed by atoms with Gasteiger partial charge in [-0.3, -0.25) is 4.79 Å². The van der Waals surface area contributed by atoms with Crippen molar-refractivity contribution in [2.45, 2.75) is 18.4 Å². The number of rotatable bonds is 8. The number of para-hydroxylation sites is 1. The molecule has 37 heavy (non-hydrogen) atoms. The molecule has 4 aromatic carbocycles. The maximum absolute atomic E-state index is 13.8. The Labute approximate surface area is 226 Å². The van der Waals surface area contributed by atoms with Crippen LogP contribution >= 0.6 is 23.2 Å². The summed E-state index contributed by atoms with van der Waals surface area (Å²) in [5, 5.41) is 3.22. The van der Waals surface area contributed by atoms with Gasteiger partial charge in [-0.05, 0) is 58.7 Å². The zero-order valence-electron chi connectivity index (χ0n) is 20.3. The second-order valence-electron chi connectivity index (χ2n) is 8.81. The summed E-state index contributed by atoms with van der Waals surface area (Å²) in [6.07, 6.45) is 4.06. The number of nitrogens with zero attached hydrogens (tertiary/aromatic N) is 2. The first-order valence-electron chi connectivity index (χ1n) is 11.9. The van der Waals surface area contributed by atoms with Crippen molar-refractivity contribution in [3.63, 3.8) is 0 Å². The fourth-order valence-corrected chi connectivity index (χ4v) is 5.20. The van der Waals surface area contributed by atoms with Crippen molar-refractivity contribution in [3.05, 3.63) is 137 Å². The molecule has 0 aliphatic carbocycles. The molecule has 6 heteroatoms. The van der Waals surface area contributed by atoms with Crippen LogP contribution < -0.4 is 4.74 Å². The highest BCUT2D eigenvalue weighted by Gasteiger charge is 2.30. The second kappa shape index (κ2) is 10.8. The van der Waals surface area contributed by atoms with E-state index in [1.165, 1.54) is 0 Å². The molecule has 0 bridgehead atoms. The molecule has 0 saturated heterocycles. The van der Waals surface area contributed by atoms with Crippen LogP contribution in [-0.2, 0) is 0 Å². The third kappa shape index (κ3) is 4.87. The molecule has 1 aromatic heterocycles. The topological polar surface area (TPSA) is 44.1 Å². The first-order chi connectivity index (χ1) is 18.0. The van der Waals surface area contributed by atoms with E-state index in [0.717, 1.165) is 21.9 Å². The molecule has 0 fully saturated rings. The highest BCUT2D eigenvalue weighted by Crippen LogP contribution is 2.40. The number of ketones is 1. The highest BCUT2D eigenvalue weighted by molar-refractivity contribution is 6.42. The number of halogens is 2. The lowest BCUT2D eigenvalue weighted by molar-refractivity contribution is 0.102. The largest absolute Gasteiger partial charge is 0.496 e. The van der Waals surface area contributed by atoms with Gasteiger partial charge in [0, 0.05) is 18.3 Å². The van der Waals surface area contributed by atoms with Crippen LogP contribution in [0.15, 0.2) is 97.3 Å². The number of carbonyl (C=O) groups is 1. The monoisotopic (exact) mass is 527 g/mol. The molecule has 5 rings (SSSR count). The normalized spacial score (nSPS) is 12.9. The number of aromatic nitrogens is 2. The molecule has 1 radical (unpaired) electrons. The van der Waals surface area contributed by atoms with Crippen LogP contribution in [0.25, 0.3) is 10.8 Å². The number of fused-ring (bicyclic) bond motifs is 1. The van der Waals surface area contributed by atoms with Crippen LogP contribution in [0.1, 0.15) is 45.7 Å². The zero-order chi connectivity index (χ0) is 25.9. The summed E-state index contributed by atoms with van der Waals surface area (Å²) < 4.78 is 7.41. The van der Waals surface area contributed by atoms with E-state index in [2.05, 4.69) is 42.2 Å². The Kier molecular flexibility index (Phi) is 7.31. The van der Waals surface area contributed by atoms with Crippen molar-refractivity contribution in [2.75, 3.05) is 7.11 Å². The van der Waals surface area contributed by atoms with Crippen LogP contribution in [0.5, 0.6) is 5.75 Å². The summed E-state index contributed by atoms with van der Waals surface area (Å²) in [7, 11) is 1.56. The Bertz CT molecular complexity index is 1580. The van der Waals surface area contributed by atoms with Crippen molar-refractivity contribution in [3.8, 4) is 5.75 Å². The van der Waals surface area contributed by atoms with Crippen LogP contribution in [0.2, 0.25) is 10.0 Å². The van der Waals surface area contributed by atoms with Gasteiger partial charge in [0.25, 0.3) is 0 Å². The maximum Gasteiger partial charge on any atom is 0.232 e. The standard InChI is InChI=1S/C31H25Cl2N2O2/c1-3-24(22-14-15-26(32)27(33)19-22)29(23-13-12-20-8-4-5-9-21(20)18-23)35-17-16-34-31(35)30(36)25-10-6-7-11-28(25)37-2/h4-19,24,29H,1,3H2,2H3. The van der Waals surface area contributed by atoms with Crippen molar-refractivity contribution in [2.24, 2.45) is 0 Å². The molecule has 185 valence electrons. The van der Waals surface area contributed by atoms with E-state index in [0.29, 0.717) is 33.6 Å². The number of benzene rings is 4. The van der Waals surface area contributed by atoms with E-state index in [9.17, 15) is 4.79 Å². The number of hydrogen-bond donors (Lipinski definition) is 0. The summed E-state index contributed by atoms with van der Waals surface area (Å²) in [5.74, 6) is 0.489. The van der Waals surface area contributed by atoms with Gasteiger partial charge in [-0.25, -0.2) is 4.98 Å². The van der Waals surface area contributed by atoms with Crippen molar-refractivity contribution < 1.29 is 9.53 Å². The first kappa shape index (κ1) is 25.1. The Morgan fingerprint density at radius 1 is 0.919 bits per heavy atom. The number of carbonyl (C=O) groups excluding carboxylic acids is 1. The number of imidazole rings is 1. The van der Waals surface area contributed by atoms with Gasteiger partial charge in [-0.1, -0.05) is 84.7 Å². The molecular weight excluding hydrogens is 503 g/mol. The summed E-state index contributed by atoms with van der Waals surface area (Å²) >= 11 is 12.7. The number of hydrogen-bond acceptors (Lipinski definition) is 3. The predicted molar refractivity (Wildman–Crippen MR) is 150 cm³/mol. The predicted octanol–water partition coefficient (Wildman–Crippen LogP) is 8.18. The Morgan fingerprint density at radius 3 is 2.41 bits per heavy atom. The summed E-state index contributed by atoms with van der Waals surface area (Å²) in [6.45, 7) is 4.28. The van der Waals surface area contributed by atoms with Crippen LogP contribution in [0.3, 0.4) is 0 Å². The van der Waals surface area contributed by atoms with E-state index in [1.807, 2.05) is 47.2 Å². The zero-order valence-corrected chi connectivity index (χ0v) is 21.8. The molecule has 0 saturated carbocycles. The van der Waals surface area contributed by atoms with E-state index in [-0.39, 0.29) is 17.7 Å². The van der Waals surface area contributed by atoms with E-state index in [1.54, 1.807) is 31.5 Å². The lowest BCUT2D eigenvalue weighted by Gasteiger charge is -2.30. The SMILES string of the molecule is [CH2]CC(c1ccc(Cl)c(Cl)c1)C(c1ccc2ccccc2c1)n1ccnc1C(=O)c1ccccc1OC. The molecule has 4 nitrogen and oxygen atoms in total. The molecule has 2 atom stereocenters. The van der Waals surface area contributed by atoms with Gasteiger partial charge in [0.05, 0.1) is 28.8 Å². The molecule has 0 amide bonds. The minimum Gasteiger partial charge on any atom is -0.496 e. The Balaban J connectivity index is 1.70.